The van der Waals surface area contributed by atoms with Crippen LogP contribution in [0.5, 0.6) is 0 Å². The average Bonchev–Trinajstić information content (AvgIpc) is 3.70. The van der Waals surface area contributed by atoms with Crippen LogP contribution in [0.15, 0.2) is 57.5 Å². The summed E-state index contributed by atoms with van der Waals surface area (Å²) in [7, 11) is 0.771. The summed E-state index contributed by atoms with van der Waals surface area (Å²) in [6, 6.07) is 9.90. The van der Waals surface area contributed by atoms with Gasteiger partial charge >= 0.3 is 7.12 Å². The van der Waals surface area contributed by atoms with Gasteiger partial charge in [0, 0.05) is 44.0 Å². The second-order valence-electron chi connectivity index (χ2n) is 7.68. The maximum absolute atomic E-state index is 12.2. The molecular weight excluding hydrogens is 803 g/mol. The molecule has 0 saturated carbocycles. The molecule has 1 aliphatic heterocycles. The van der Waals surface area contributed by atoms with E-state index >= 15 is 0 Å². The molecule has 0 bridgehead atoms. The molecule has 5 N–H and O–H groups in total. The van der Waals surface area contributed by atoms with Gasteiger partial charge in [0.1, 0.15) is 11.9 Å². The molecular formula is C30H55BN7O6U. The van der Waals surface area contributed by atoms with Gasteiger partial charge in [-0.2, -0.15) is 0 Å². The number of aliphatic hydroxyl groups excluding tert-OH is 1. The molecule has 15 heteroatoms. The summed E-state index contributed by atoms with van der Waals surface area (Å²) in [4.78, 5) is 26.8. The molecule has 3 aromatic rings. The minimum atomic E-state index is -0.540. The van der Waals surface area contributed by atoms with Crippen molar-refractivity contribution in [3.63, 3.8) is 0 Å². The van der Waals surface area contributed by atoms with Crippen LogP contribution < -0.4 is 16.6 Å². The number of rotatable bonds is 9. The summed E-state index contributed by atoms with van der Waals surface area (Å²) >= 11 is 0. The Morgan fingerprint density at radius 1 is 1.20 bits per heavy atom. The number of benzene rings is 1. The predicted molar refractivity (Wildman–Crippen MR) is 182 cm³/mol. The fourth-order valence-electron chi connectivity index (χ4n) is 3.51. The van der Waals surface area contributed by atoms with Crippen LogP contribution in [0.3, 0.4) is 0 Å². The largest absolute Gasteiger partial charge is 0.411 e. The van der Waals surface area contributed by atoms with Crippen LogP contribution >= 0.6 is 0 Å². The van der Waals surface area contributed by atoms with Gasteiger partial charge < -0.3 is 20.3 Å². The number of H-pyrrole nitrogens is 1. The Bertz CT molecular complexity index is 1300. The fourth-order valence-corrected chi connectivity index (χ4v) is 3.51. The van der Waals surface area contributed by atoms with Crippen molar-refractivity contribution in [3.05, 3.63) is 80.4 Å². The first kappa shape index (κ1) is 44.3. The number of hydrogen-bond acceptors (Lipinski definition) is 10. The van der Waals surface area contributed by atoms with E-state index in [9.17, 15) is 14.7 Å². The van der Waals surface area contributed by atoms with Crippen molar-refractivity contribution in [3.8, 4) is 0 Å². The number of hydrogen-bond donors (Lipinski definition) is 5. The van der Waals surface area contributed by atoms with Crippen LogP contribution in [-0.4, -0.2) is 68.8 Å². The van der Waals surface area contributed by atoms with E-state index in [0.717, 1.165) is 13.5 Å². The zero-order valence-corrected chi connectivity index (χ0v) is 30.2. The maximum atomic E-state index is 12.2. The number of aromatic nitrogens is 5. The van der Waals surface area contributed by atoms with E-state index in [2.05, 4.69) is 37.6 Å². The molecule has 1 aromatic carbocycles. The van der Waals surface area contributed by atoms with E-state index in [1.54, 1.807) is 23.0 Å². The first-order valence-corrected chi connectivity index (χ1v) is 13.8. The second-order valence-corrected chi connectivity index (χ2v) is 7.68. The summed E-state index contributed by atoms with van der Waals surface area (Å²) in [5.74, 6) is 0.109. The summed E-state index contributed by atoms with van der Waals surface area (Å²) < 4.78 is 26.5. The van der Waals surface area contributed by atoms with Crippen molar-refractivity contribution >= 4 is 26.8 Å². The number of aliphatic hydroxyl groups is 1. The van der Waals surface area contributed by atoms with Crippen molar-refractivity contribution in [2.75, 3.05) is 6.61 Å². The summed E-state index contributed by atoms with van der Waals surface area (Å²) in [5.41, 5.74) is 0.967. The molecule has 1 aliphatic rings. The van der Waals surface area contributed by atoms with Crippen molar-refractivity contribution in [1.82, 2.24) is 29.9 Å². The van der Waals surface area contributed by atoms with Crippen molar-refractivity contribution < 1.29 is 54.2 Å². The van der Waals surface area contributed by atoms with E-state index in [-0.39, 0.29) is 64.6 Å². The van der Waals surface area contributed by atoms with Crippen LogP contribution in [0.25, 0.3) is 12.2 Å². The first-order chi connectivity index (χ1) is 21.9. The fraction of sp³-hybridized carbons (Fsp3) is 0.500. The summed E-state index contributed by atoms with van der Waals surface area (Å²) in [6.07, 6.45) is 6.24. The van der Waals surface area contributed by atoms with E-state index < -0.39 is 17.5 Å². The predicted octanol–water partition coefficient (Wildman–Crippen LogP) is 4.47. The topological polar surface area (TPSA) is 180 Å². The smallest absolute Gasteiger partial charge is 0.330 e. The molecule has 253 valence electrons. The zero-order chi connectivity index (χ0) is 34.6. The van der Waals surface area contributed by atoms with E-state index in [0.29, 0.717) is 24.2 Å². The van der Waals surface area contributed by atoms with Gasteiger partial charge in [-0.05, 0) is 31.4 Å². The second kappa shape index (κ2) is 32.6. The van der Waals surface area contributed by atoms with Crippen LogP contribution in [0.4, 0.5) is 0 Å². The molecule has 0 aliphatic carbocycles. The van der Waals surface area contributed by atoms with Gasteiger partial charge in [0.05, 0.1) is 31.0 Å². The van der Waals surface area contributed by atoms with Gasteiger partial charge in [-0.25, -0.2) is 9.48 Å². The average molecular weight is 863 g/mol. The summed E-state index contributed by atoms with van der Waals surface area (Å²) in [6.45, 7) is 17.3. The molecule has 13 nitrogen and oxygen atoms in total. The number of aromatic amines is 1. The molecule has 3 heterocycles. The number of oxime groups is 1. The Balaban J connectivity index is -0.000000295. The minimum absolute atomic E-state index is 0. The molecule has 45 heavy (non-hydrogen) atoms. The SMILES string of the molecule is C.C.CC.CC.CC.C[C@@H]1C[C@H](n2cc(/C=C/c3cn(Cc4ccccc4)nn3)c(=O)[nH]c2=O)O[C@@H]1CO.[2H]ON=C.[2H]ON[B][3H].[U]. The Labute approximate surface area is 297 Å². The molecule has 2 aromatic heterocycles. The molecule has 0 amide bonds. The Morgan fingerprint density at radius 3 is 2.31 bits per heavy atom. The molecule has 1 saturated heterocycles. The standard InChI is InChI=1S/C21H23N5O4.3C2H6.CH3NO.2CH4.BH3NO.U/c1-14-9-19(30-18(14)13-27)26-11-16(20(28)22-21(26)29)7-8-17-12-25(24-23-17)10-15-5-3-2-4-6-15;3*1-2;1-2-3;;;1-2-3;/h2-8,11-12,14,18-19,27H,9-10,13H2,1H3,(H,22,28,29);3*1-2H3;3H,1H2;2*1H4;1-3H;/b8-7+;;;;;;;;/t14-,18-,19-;;;;;;;;/m1......../s1/i;;;;;;;1T,3D;/hD. The van der Waals surface area contributed by atoms with Crippen LogP contribution in [0, 0.1) is 37.0 Å². The van der Waals surface area contributed by atoms with Crippen LogP contribution in [0.2, 0.25) is 2.86 Å². The quantitative estimate of drug-likeness (QED) is 0.0899. The molecule has 4 rings (SSSR count). The molecule has 1 radical (unpaired) electrons. The van der Waals surface area contributed by atoms with Crippen molar-refractivity contribution in [1.29, 1.82) is 1.34 Å². The molecule has 3 atom stereocenters. The number of nitrogens with zero attached hydrogens (tertiary/aromatic N) is 5. The first-order valence-electron chi connectivity index (χ1n) is 15.2. The molecule has 1 fully saturated rings. The van der Waals surface area contributed by atoms with Gasteiger partial charge in [0.15, 0.2) is 0 Å². The molecule has 0 spiro atoms. The van der Waals surface area contributed by atoms with Crippen LogP contribution in [0.1, 0.15) is 92.8 Å². The van der Waals surface area contributed by atoms with Gasteiger partial charge in [-0.1, -0.05) is 98.9 Å². The number of nitrogens with one attached hydrogen (secondary N) is 2. The Hall–Kier alpha value is -2.79. The van der Waals surface area contributed by atoms with Gasteiger partial charge in [0.2, 0.25) is 9.38 Å². The monoisotopic (exact) mass is 863 g/mol. The van der Waals surface area contributed by atoms with Gasteiger partial charge in [-0.3, -0.25) is 19.7 Å². The van der Waals surface area contributed by atoms with Crippen LogP contribution in [-0.2, 0) is 11.3 Å². The van der Waals surface area contributed by atoms with E-state index in [1.165, 1.54) is 10.8 Å². The number of ether oxygens (including phenoxy) is 1. The van der Waals surface area contributed by atoms with Gasteiger partial charge in [0.25, 0.3) is 5.56 Å². The van der Waals surface area contributed by atoms with E-state index in [4.69, 9.17) is 8.93 Å². The third-order valence-electron chi connectivity index (χ3n) is 5.20. The van der Waals surface area contributed by atoms with Gasteiger partial charge in [-0.15, -0.1) is 10.3 Å². The third kappa shape index (κ3) is 19.4. The van der Waals surface area contributed by atoms with Crippen molar-refractivity contribution in [2.45, 2.75) is 88.6 Å². The summed E-state index contributed by atoms with van der Waals surface area (Å²) in [5, 5.41) is 28.8. The Morgan fingerprint density at radius 2 is 1.82 bits per heavy atom. The Kier molecular flexibility index (Phi) is 32.1. The maximum Gasteiger partial charge on any atom is 0.330 e. The minimum Gasteiger partial charge on any atom is -0.411 e. The van der Waals surface area contributed by atoms with E-state index in [1.807, 2.05) is 84.2 Å². The third-order valence-corrected chi connectivity index (χ3v) is 5.20. The zero-order valence-electron chi connectivity index (χ0n) is 29.1. The normalized spacial score (nSPS) is 16.1. The van der Waals surface area contributed by atoms with Crippen molar-refractivity contribution in [2.24, 2.45) is 11.1 Å². The molecule has 0 unspecified atom stereocenters.